The molecule has 0 saturated carbocycles. The van der Waals surface area contributed by atoms with Gasteiger partial charge in [-0.2, -0.15) is 0 Å². The van der Waals surface area contributed by atoms with Crippen molar-refractivity contribution in [2.75, 3.05) is 12.4 Å². The van der Waals surface area contributed by atoms with Crippen molar-refractivity contribution in [2.45, 2.75) is 6.54 Å². The summed E-state index contributed by atoms with van der Waals surface area (Å²) < 4.78 is 7.02. The molecule has 2 aromatic heterocycles. The van der Waals surface area contributed by atoms with Crippen LogP contribution in [0.2, 0.25) is 0 Å². The van der Waals surface area contributed by atoms with Gasteiger partial charge in [0, 0.05) is 42.6 Å². The van der Waals surface area contributed by atoms with E-state index >= 15 is 0 Å². The Morgan fingerprint density at radius 1 is 1.24 bits per heavy atom. The second kappa shape index (κ2) is 6.09. The summed E-state index contributed by atoms with van der Waals surface area (Å²) in [7, 11) is 1.61. The maximum Gasteiger partial charge on any atom is 0.212 e. The number of nitrogens with one attached hydrogen (secondary N) is 1. The number of benzene rings is 1. The lowest BCUT2D eigenvalue weighted by atomic mass is 10.2. The molecule has 1 aromatic carbocycles. The molecule has 3 aromatic rings. The van der Waals surface area contributed by atoms with Gasteiger partial charge in [0.05, 0.1) is 13.4 Å². The summed E-state index contributed by atoms with van der Waals surface area (Å²) in [6.07, 6.45) is 7.29. The molecule has 0 aliphatic heterocycles. The fourth-order valence-electron chi connectivity index (χ4n) is 2.03. The van der Waals surface area contributed by atoms with Gasteiger partial charge in [0.2, 0.25) is 5.88 Å². The van der Waals surface area contributed by atoms with Gasteiger partial charge >= 0.3 is 0 Å². The van der Waals surface area contributed by atoms with E-state index in [0.29, 0.717) is 12.4 Å². The number of hydrogen-bond acceptors (Lipinski definition) is 4. The van der Waals surface area contributed by atoms with Gasteiger partial charge in [-0.1, -0.05) is 12.1 Å². The normalized spacial score (nSPS) is 10.3. The minimum absolute atomic E-state index is 0.626. The van der Waals surface area contributed by atoms with Gasteiger partial charge in [-0.3, -0.25) is 0 Å². The summed E-state index contributed by atoms with van der Waals surface area (Å²) in [6, 6.07) is 12.0. The van der Waals surface area contributed by atoms with Crippen LogP contribution in [0.4, 0.5) is 5.69 Å². The molecule has 0 aliphatic carbocycles. The molecule has 0 radical (unpaired) electrons. The van der Waals surface area contributed by atoms with Crippen LogP contribution in [-0.4, -0.2) is 21.6 Å². The Hall–Kier alpha value is -2.82. The fourth-order valence-corrected chi connectivity index (χ4v) is 2.03. The molecule has 0 bridgehead atoms. The van der Waals surface area contributed by atoms with Crippen LogP contribution in [0, 0.1) is 0 Å². The number of ether oxygens (including phenoxy) is 1. The molecule has 0 atom stereocenters. The van der Waals surface area contributed by atoms with Gasteiger partial charge in [0.15, 0.2) is 0 Å². The summed E-state index contributed by atoms with van der Waals surface area (Å²) in [5.41, 5.74) is 3.23. The van der Waals surface area contributed by atoms with Crippen LogP contribution < -0.4 is 10.1 Å². The maximum absolute atomic E-state index is 5.05. The first-order valence-electron chi connectivity index (χ1n) is 6.66. The average molecular weight is 280 g/mol. The second-order valence-electron chi connectivity index (χ2n) is 4.58. The Labute approximate surface area is 123 Å². The van der Waals surface area contributed by atoms with E-state index in [4.69, 9.17) is 4.74 Å². The Balaban J connectivity index is 1.68. The standard InChI is InChI=1S/C16H16N4O/c1-21-16-6-5-13(11-19-16)10-18-14-3-2-4-15(9-14)20-8-7-17-12-20/h2-9,11-12,18H,10H2,1H3. The van der Waals surface area contributed by atoms with E-state index in [1.165, 1.54) is 0 Å². The average Bonchev–Trinajstić information content (AvgIpc) is 3.08. The van der Waals surface area contributed by atoms with Crippen LogP contribution in [0.25, 0.3) is 5.69 Å². The fraction of sp³-hybridized carbons (Fsp3) is 0.125. The van der Waals surface area contributed by atoms with Crippen molar-refractivity contribution in [3.63, 3.8) is 0 Å². The zero-order chi connectivity index (χ0) is 14.5. The summed E-state index contributed by atoms with van der Waals surface area (Å²) in [4.78, 5) is 8.25. The molecule has 21 heavy (non-hydrogen) atoms. The number of nitrogens with zero attached hydrogens (tertiary/aromatic N) is 3. The van der Waals surface area contributed by atoms with E-state index in [1.807, 2.05) is 47.3 Å². The smallest absolute Gasteiger partial charge is 0.212 e. The number of anilines is 1. The molecule has 0 saturated heterocycles. The lowest BCUT2D eigenvalue weighted by Crippen LogP contribution is -2.01. The van der Waals surface area contributed by atoms with Crippen molar-refractivity contribution in [1.82, 2.24) is 14.5 Å². The van der Waals surface area contributed by atoms with E-state index in [9.17, 15) is 0 Å². The largest absolute Gasteiger partial charge is 0.481 e. The molecule has 106 valence electrons. The lowest BCUT2D eigenvalue weighted by molar-refractivity contribution is 0.397. The van der Waals surface area contributed by atoms with Crippen molar-refractivity contribution in [2.24, 2.45) is 0 Å². The third-order valence-corrected chi connectivity index (χ3v) is 3.15. The maximum atomic E-state index is 5.05. The molecular weight excluding hydrogens is 264 g/mol. The number of methoxy groups -OCH3 is 1. The van der Waals surface area contributed by atoms with Crippen LogP contribution >= 0.6 is 0 Å². The number of hydrogen-bond donors (Lipinski definition) is 1. The van der Waals surface area contributed by atoms with Crippen molar-refractivity contribution < 1.29 is 4.74 Å². The second-order valence-corrected chi connectivity index (χ2v) is 4.58. The predicted molar refractivity (Wildman–Crippen MR) is 81.7 cm³/mol. The number of pyridine rings is 1. The molecular formula is C16H16N4O. The van der Waals surface area contributed by atoms with Gasteiger partial charge in [-0.05, 0) is 23.8 Å². The quantitative estimate of drug-likeness (QED) is 0.780. The van der Waals surface area contributed by atoms with E-state index in [1.54, 1.807) is 19.6 Å². The van der Waals surface area contributed by atoms with Crippen LogP contribution in [-0.2, 0) is 6.54 Å². The number of imidazole rings is 1. The Kier molecular flexibility index (Phi) is 3.82. The highest BCUT2D eigenvalue weighted by atomic mass is 16.5. The number of aromatic nitrogens is 3. The van der Waals surface area contributed by atoms with Crippen molar-refractivity contribution in [3.05, 3.63) is 66.9 Å². The van der Waals surface area contributed by atoms with Gasteiger partial charge in [0.25, 0.3) is 0 Å². The highest BCUT2D eigenvalue weighted by Gasteiger charge is 1.99. The van der Waals surface area contributed by atoms with Crippen molar-refractivity contribution >= 4 is 5.69 Å². The van der Waals surface area contributed by atoms with Gasteiger partial charge < -0.3 is 14.6 Å². The minimum Gasteiger partial charge on any atom is -0.481 e. The van der Waals surface area contributed by atoms with Gasteiger partial charge in [0.1, 0.15) is 0 Å². The molecule has 5 heteroatoms. The Bertz CT molecular complexity index is 693. The SMILES string of the molecule is COc1ccc(CNc2cccc(-n3ccnc3)c2)cn1. The molecule has 0 amide bonds. The topological polar surface area (TPSA) is 52.0 Å². The molecule has 0 fully saturated rings. The molecule has 3 rings (SSSR count). The molecule has 0 aliphatic rings. The van der Waals surface area contributed by atoms with Gasteiger partial charge in [-0.15, -0.1) is 0 Å². The molecule has 0 unspecified atom stereocenters. The summed E-state index contributed by atoms with van der Waals surface area (Å²) in [6.45, 7) is 0.713. The van der Waals surface area contributed by atoms with E-state index in [0.717, 1.165) is 16.9 Å². The summed E-state index contributed by atoms with van der Waals surface area (Å²) in [5, 5.41) is 3.39. The summed E-state index contributed by atoms with van der Waals surface area (Å²) in [5.74, 6) is 0.626. The highest BCUT2D eigenvalue weighted by Crippen LogP contribution is 2.15. The first-order chi connectivity index (χ1) is 10.3. The third kappa shape index (κ3) is 3.20. The Morgan fingerprint density at radius 3 is 2.90 bits per heavy atom. The van der Waals surface area contributed by atoms with E-state index in [-0.39, 0.29) is 0 Å². The van der Waals surface area contributed by atoms with Crippen LogP contribution in [0.5, 0.6) is 5.88 Å². The van der Waals surface area contributed by atoms with Crippen molar-refractivity contribution in [1.29, 1.82) is 0 Å². The van der Waals surface area contributed by atoms with Crippen LogP contribution in [0.3, 0.4) is 0 Å². The lowest BCUT2D eigenvalue weighted by Gasteiger charge is -2.09. The van der Waals surface area contributed by atoms with Gasteiger partial charge in [-0.25, -0.2) is 9.97 Å². The van der Waals surface area contributed by atoms with E-state index < -0.39 is 0 Å². The molecule has 0 spiro atoms. The molecule has 2 heterocycles. The summed E-state index contributed by atoms with van der Waals surface area (Å²) >= 11 is 0. The Morgan fingerprint density at radius 2 is 2.19 bits per heavy atom. The van der Waals surface area contributed by atoms with Crippen LogP contribution in [0.1, 0.15) is 5.56 Å². The predicted octanol–water partition coefficient (Wildman–Crippen LogP) is 2.89. The molecule has 5 nitrogen and oxygen atoms in total. The van der Waals surface area contributed by atoms with Crippen molar-refractivity contribution in [3.8, 4) is 11.6 Å². The first kappa shape index (κ1) is 13.2. The van der Waals surface area contributed by atoms with E-state index in [2.05, 4.69) is 21.4 Å². The monoisotopic (exact) mass is 280 g/mol. The zero-order valence-electron chi connectivity index (χ0n) is 11.7. The minimum atomic E-state index is 0.626. The first-order valence-corrected chi connectivity index (χ1v) is 6.66. The highest BCUT2D eigenvalue weighted by molar-refractivity contribution is 5.51. The zero-order valence-corrected chi connectivity index (χ0v) is 11.7. The number of rotatable bonds is 5. The molecule has 1 N–H and O–H groups in total. The third-order valence-electron chi connectivity index (χ3n) is 3.15. The van der Waals surface area contributed by atoms with Crippen LogP contribution in [0.15, 0.2) is 61.3 Å².